The summed E-state index contributed by atoms with van der Waals surface area (Å²) in [5, 5.41) is 20.3. The maximum atomic E-state index is 13.7. The first kappa shape index (κ1) is 23.0. The number of carbonyl (C=O) groups is 2. The quantitative estimate of drug-likeness (QED) is 0.557. The van der Waals surface area contributed by atoms with Crippen molar-refractivity contribution in [2.24, 2.45) is 0 Å². The molecule has 1 unspecified atom stereocenters. The standard InChI is InChI=1S/C14H12F3N3O3.C2HF3O2/c15-8-5-10(17)9(16)4-7(8)6-19-14(23)20-11(13(21)22)2-1-3-12(20)18-19;3-2(4,5)1(6)7/h4-5,11H,1-3,6H2,(H,21,22);(H,6,7). The van der Waals surface area contributed by atoms with E-state index in [0.29, 0.717) is 31.4 Å². The van der Waals surface area contributed by atoms with Gasteiger partial charge in [0.05, 0.1) is 6.54 Å². The Balaban J connectivity index is 0.000000396. The highest BCUT2D eigenvalue weighted by Gasteiger charge is 2.38. The van der Waals surface area contributed by atoms with Gasteiger partial charge >= 0.3 is 23.8 Å². The van der Waals surface area contributed by atoms with Crippen molar-refractivity contribution in [2.75, 3.05) is 0 Å². The molecule has 14 heteroatoms. The Morgan fingerprint density at radius 1 is 1.10 bits per heavy atom. The summed E-state index contributed by atoms with van der Waals surface area (Å²) in [6, 6.07) is 0.0328. The van der Waals surface area contributed by atoms with Gasteiger partial charge in [-0.3, -0.25) is 4.57 Å². The number of halogens is 6. The van der Waals surface area contributed by atoms with Gasteiger partial charge in [-0.05, 0) is 18.9 Å². The maximum absolute atomic E-state index is 13.7. The molecule has 1 aromatic heterocycles. The number of aromatic nitrogens is 3. The molecule has 1 aliphatic heterocycles. The Hall–Kier alpha value is -3.32. The fourth-order valence-corrected chi connectivity index (χ4v) is 2.71. The lowest BCUT2D eigenvalue weighted by molar-refractivity contribution is -0.192. The van der Waals surface area contributed by atoms with Gasteiger partial charge in [0.15, 0.2) is 11.6 Å². The number of alkyl halides is 3. The van der Waals surface area contributed by atoms with E-state index >= 15 is 0 Å². The number of carboxylic acids is 2. The second-order valence-corrected chi connectivity index (χ2v) is 6.13. The first-order valence-electron chi connectivity index (χ1n) is 8.17. The molecule has 0 spiro atoms. The summed E-state index contributed by atoms with van der Waals surface area (Å²) in [7, 11) is 0. The SMILES string of the molecule is O=C(O)C(F)(F)F.O=C(O)C1CCCc2nn(Cc3cc(F)c(F)cc3F)c(=O)n21. The van der Waals surface area contributed by atoms with Gasteiger partial charge in [0.1, 0.15) is 17.7 Å². The van der Waals surface area contributed by atoms with Crippen molar-refractivity contribution in [1.29, 1.82) is 0 Å². The molecule has 0 saturated heterocycles. The molecule has 0 fully saturated rings. The maximum Gasteiger partial charge on any atom is 0.490 e. The zero-order chi connectivity index (χ0) is 22.8. The zero-order valence-corrected chi connectivity index (χ0v) is 14.8. The van der Waals surface area contributed by atoms with E-state index in [9.17, 15) is 41.0 Å². The minimum atomic E-state index is -5.08. The minimum absolute atomic E-state index is 0.242. The zero-order valence-electron chi connectivity index (χ0n) is 14.8. The number of hydrogen-bond donors (Lipinski definition) is 2. The van der Waals surface area contributed by atoms with Crippen molar-refractivity contribution in [2.45, 2.75) is 38.0 Å². The van der Waals surface area contributed by atoms with E-state index < -0.39 is 53.8 Å². The molecule has 3 rings (SSSR count). The van der Waals surface area contributed by atoms with Crippen LogP contribution in [0.4, 0.5) is 26.3 Å². The Labute approximate surface area is 163 Å². The lowest BCUT2D eigenvalue weighted by atomic mass is 10.1. The molecule has 2 aromatic rings. The highest BCUT2D eigenvalue weighted by Crippen LogP contribution is 2.22. The predicted molar refractivity (Wildman–Crippen MR) is 85.2 cm³/mol. The fourth-order valence-electron chi connectivity index (χ4n) is 2.71. The third-order valence-electron chi connectivity index (χ3n) is 4.07. The van der Waals surface area contributed by atoms with Gasteiger partial charge in [0.25, 0.3) is 0 Å². The van der Waals surface area contributed by atoms with Crippen LogP contribution in [0.2, 0.25) is 0 Å². The predicted octanol–water partition coefficient (Wildman–Crippen LogP) is 2.11. The molecule has 0 radical (unpaired) electrons. The molecule has 0 saturated carbocycles. The molecule has 0 aliphatic carbocycles. The fraction of sp³-hybridized carbons (Fsp3) is 0.375. The number of rotatable bonds is 3. The normalized spacial score (nSPS) is 15.7. The number of fused-ring (bicyclic) bond motifs is 1. The number of carboxylic acid groups (broad SMARTS) is 2. The van der Waals surface area contributed by atoms with E-state index in [-0.39, 0.29) is 11.4 Å². The van der Waals surface area contributed by atoms with E-state index in [1.54, 1.807) is 0 Å². The molecule has 0 bridgehead atoms. The second-order valence-electron chi connectivity index (χ2n) is 6.13. The molecule has 2 heterocycles. The van der Waals surface area contributed by atoms with Gasteiger partial charge in [0, 0.05) is 18.1 Å². The van der Waals surface area contributed by atoms with Crippen LogP contribution >= 0.6 is 0 Å². The van der Waals surface area contributed by atoms with Crippen LogP contribution in [0.3, 0.4) is 0 Å². The van der Waals surface area contributed by atoms with Crippen LogP contribution in [0, 0.1) is 17.5 Å². The van der Waals surface area contributed by atoms with E-state index in [1.807, 2.05) is 0 Å². The summed E-state index contributed by atoms with van der Waals surface area (Å²) in [5.41, 5.74) is -0.954. The Morgan fingerprint density at radius 2 is 1.67 bits per heavy atom. The van der Waals surface area contributed by atoms with E-state index in [4.69, 9.17) is 9.90 Å². The van der Waals surface area contributed by atoms with E-state index in [0.717, 1.165) is 9.25 Å². The summed E-state index contributed by atoms with van der Waals surface area (Å²) in [6.45, 7) is -0.409. The number of hydrogen-bond acceptors (Lipinski definition) is 4. The lowest BCUT2D eigenvalue weighted by Crippen LogP contribution is -2.34. The highest BCUT2D eigenvalue weighted by molar-refractivity contribution is 5.73. The van der Waals surface area contributed by atoms with Crippen LogP contribution in [-0.4, -0.2) is 42.7 Å². The summed E-state index contributed by atoms with van der Waals surface area (Å²) in [4.78, 5) is 32.4. The van der Waals surface area contributed by atoms with Crippen molar-refractivity contribution in [1.82, 2.24) is 14.3 Å². The van der Waals surface area contributed by atoms with Gasteiger partial charge < -0.3 is 10.2 Å². The van der Waals surface area contributed by atoms with Crippen LogP contribution in [0.5, 0.6) is 0 Å². The lowest BCUT2D eigenvalue weighted by Gasteiger charge is -2.19. The molecule has 8 nitrogen and oxygen atoms in total. The van der Waals surface area contributed by atoms with Crippen molar-refractivity contribution >= 4 is 11.9 Å². The smallest absolute Gasteiger partial charge is 0.480 e. The summed E-state index contributed by atoms with van der Waals surface area (Å²) < 4.78 is 73.5. The second kappa shape index (κ2) is 8.59. The summed E-state index contributed by atoms with van der Waals surface area (Å²) in [5.74, 6) is -7.18. The molecule has 1 atom stereocenters. The monoisotopic (exact) mass is 441 g/mol. The van der Waals surface area contributed by atoms with Crippen LogP contribution in [0.15, 0.2) is 16.9 Å². The Bertz CT molecular complexity index is 1030. The third kappa shape index (κ3) is 4.99. The average molecular weight is 441 g/mol. The molecule has 2 N–H and O–H groups in total. The van der Waals surface area contributed by atoms with Crippen LogP contribution in [0.1, 0.15) is 30.3 Å². The van der Waals surface area contributed by atoms with Gasteiger partial charge in [0.2, 0.25) is 0 Å². The van der Waals surface area contributed by atoms with Crippen molar-refractivity contribution in [3.05, 3.63) is 51.5 Å². The number of aliphatic carboxylic acids is 2. The molecule has 30 heavy (non-hydrogen) atoms. The number of nitrogens with zero attached hydrogens (tertiary/aromatic N) is 3. The Morgan fingerprint density at radius 3 is 2.20 bits per heavy atom. The Kier molecular flexibility index (Phi) is 6.57. The molecule has 164 valence electrons. The summed E-state index contributed by atoms with van der Waals surface area (Å²) >= 11 is 0. The molecule has 1 aromatic carbocycles. The van der Waals surface area contributed by atoms with Crippen LogP contribution in [0.25, 0.3) is 0 Å². The largest absolute Gasteiger partial charge is 0.490 e. The van der Waals surface area contributed by atoms with Crippen molar-refractivity contribution in [3.63, 3.8) is 0 Å². The van der Waals surface area contributed by atoms with E-state index in [1.165, 1.54) is 0 Å². The molecule has 0 amide bonds. The summed E-state index contributed by atoms with van der Waals surface area (Å²) in [6.07, 6.45) is -3.80. The van der Waals surface area contributed by atoms with Gasteiger partial charge in [-0.2, -0.15) is 18.3 Å². The first-order valence-corrected chi connectivity index (χ1v) is 8.17. The molecular formula is C16H13F6N3O5. The van der Waals surface area contributed by atoms with Crippen molar-refractivity contribution < 1.29 is 46.1 Å². The highest BCUT2D eigenvalue weighted by atomic mass is 19.4. The first-order chi connectivity index (χ1) is 13.8. The van der Waals surface area contributed by atoms with Gasteiger partial charge in [-0.25, -0.2) is 32.2 Å². The topological polar surface area (TPSA) is 114 Å². The van der Waals surface area contributed by atoms with Crippen LogP contribution < -0.4 is 5.69 Å². The van der Waals surface area contributed by atoms with Gasteiger partial charge in [-0.1, -0.05) is 0 Å². The van der Waals surface area contributed by atoms with Crippen LogP contribution in [-0.2, 0) is 22.6 Å². The van der Waals surface area contributed by atoms with E-state index in [2.05, 4.69) is 5.10 Å². The minimum Gasteiger partial charge on any atom is -0.480 e. The third-order valence-corrected chi connectivity index (χ3v) is 4.07. The number of aryl methyl sites for hydroxylation is 1. The average Bonchev–Trinajstić information content (AvgIpc) is 2.95. The molecule has 1 aliphatic rings. The van der Waals surface area contributed by atoms with Crippen molar-refractivity contribution in [3.8, 4) is 0 Å². The number of benzene rings is 1. The molecular weight excluding hydrogens is 428 g/mol. The van der Waals surface area contributed by atoms with Gasteiger partial charge in [-0.15, -0.1) is 0 Å².